The summed E-state index contributed by atoms with van der Waals surface area (Å²) in [5.41, 5.74) is 1.43. The van der Waals surface area contributed by atoms with Gasteiger partial charge in [-0.2, -0.15) is 0 Å². The lowest BCUT2D eigenvalue weighted by Gasteiger charge is -2.18. The summed E-state index contributed by atoms with van der Waals surface area (Å²) in [7, 11) is 0. The highest BCUT2D eigenvalue weighted by atomic mass is 79.9. The molecule has 0 aliphatic rings. The van der Waals surface area contributed by atoms with Crippen LogP contribution in [0.1, 0.15) is 33.4 Å². The Hall–Kier alpha value is -0.390. The Bertz CT molecular complexity index is 401. The van der Waals surface area contributed by atoms with Gasteiger partial charge in [-0.25, -0.2) is 4.98 Å². The second kappa shape index (κ2) is 5.29. The molecule has 1 heterocycles. The molecule has 0 radical (unpaired) electrons. The Kier molecular flexibility index (Phi) is 4.52. The highest BCUT2D eigenvalue weighted by Gasteiger charge is 2.26. The first kappa shape index (κ1) is 13.7. The average molecular weight is 303 g/mol. The van der Waals surface area contributed by atoms with E-state index in [9.17, 15) is 4.55 Å². The van der Waals surface area contributed by atoms with E-state index in [2.05, 4.69) is 25.3 Å². The normalized spacial score (nSPS) is 15.0. The van der Waals surface area contributed by atoms with Crippen LogP contribution in [-0.2, 0) is 11.4 Å². The fourth-order valence-electron chi connectivity index (χ4n) is 0.918. The smallest absolute Gasteiger partial charge is 0.144 e. The molecule has 0 aliphatic carbocycles. The minimum atomic E-state index is -1.24. The third kappa shape index (κ3) is 3.88. The molecule has 1 aromatic rings. The van der Waals surface area contributed by atoms with Crippen molar-refractivity contribution in [1.29, 1.82) is 0 Å². The number of hydrogen-bond donors (Lipinski definition) is 0. The van der Waals surface area contributed by atoms with Crippen LogP contribution in [-0.4, -0.2) is 20.0 Å². The molecular weight excluding hydrogens is 288 g/mol. The molecule has 0 saturated heterocycles. The van der Waals surface area contributed by atoms with Crippen molar-refractivity contribution in [3.8, 4) is 0 Å². The van der Waals surface area contributed by atoms with Crippen molar-refractivity contribution in [1.82, 2.24) is 4.98 Å². The lowest BCUT2D eigenvalue weighted by Crippen LogP contribution is -2.26. The number of hydrogen-bond acceptors (Lipinski definition) is 3. The van der Waals surface area contributed by atoms with Gasteiger partial charge in [0.1, 0.15) is 26.4 Å². The molecule has 88 valence electrons. The van der Waals surface area contributed by atoms with Crippen molar-refractivity contribution < 1.29 is 4.55 Å². The highest BCUT2D eigenvalue weighted by molar-refractivity contribution is 9.10. The minimum absolute atomic E-state index is 0.340. The number of pyridine rings is 1. The standard InChI is InChI=1S/C11H15BrN2OS/c1-8(14-16(15)11(2,3)4)9-6-5-7-10(12)13-9/h5-7H,1-4H3/b14-8+. The third-order valence-corrected chi connectivity index (χ3v) is 3.76. The van der Waals surface area contributed by atoms with Crippen molar-refractivity contribution in [3.63, 3.8) is 0 Å². The summed E-state index contributed by atoms with van der Waals surface area (Å²) in [5.74, 6) is 0. The van der Waals surface area contributed by atoms with E-state index >= 15 is 0 Å². The number of aromatic nitrogens is 1. The van der Waals surface area contributed by atoms with Gasteiger partial charge in [-0.15, -0.1) is 0 Å². The Balaban J connectivity index is 2.94. The summed E-state index contributed by atoms with van der Waals surface area (Å²) < 4.78 is 16.4. The monoisotopic (exact) mass is 302 g/mol. The van der Waals surface area contributed by atoms with Gasteiger partial charge >= 0.3 is 0 Å². The van der Waals surface area contributed by atoms with Gasteiger partial charge in [-0.05, 0) is 55.8 Å². The largest absolute Gasteiger partial charge is 0.591 e. The van der Waals surface area contributed by atoms with Crippen LogP contribution >= 0.6 is 15.9 Å². The van der Waals surface area contributed by atoms with Crippen molar-refractivity contribution >= 4 is 33.0 Å². The van der Waals surface area contributed by atoms with Crippen LogP contribution in [0, 0.1) is 0 Å². The maximum Gasteiger partial charge on any atom is 0.144 e. The van der Waals surface area contributed by atoms with Crippen LogP contribution in [0.3, 0.4) is 0 Å². The predicted octanol–water partition coefficient (Wildman–Crippen LogP) is 3.12. The van der Waals surface area contributed by atoms with Crippen LogP contribution < -0.4 is 0 Å². The van der Waals surface area contributed by atoms with Crippen LogP contribution in [0.5, 0.6) is 0 Å². The lowest BCUT2D eigenvalue weighted by molar-refractivity contribution is 0.561. The minimum Gasteiger partial charge on any atom is -0.591 e. The van der Waals surface area contributed by atoms with E-state index in [-0.39, 0.29) is 4.75 Å². The average Bonchev–Trinajstić information content (AvgIpc) is 2.16. The molecule has 0 aromatic carbocycles. The SMILES string of the molecule is C/C(=N\[S+]([O-])C(C)(C)C)c1cccc(Br)n1. The summed E-state index contributed by atoms with van der Waals surface area (Å²) in [4.78, 5) is 4.26. The van der Waals surface area contributed by atoms with E-state index in [1.807, 2.05) is 45.9 Å². The lowest BCUT2D eigenvalue weighted by atomic mass is 10.3. The first-order valence-electron chi connectivity index (χ1n) is 4.91. The predicted molar refractivity (Wildman–Crippen MR) is 72.0 cm³/mol. The summed E-state index contributed by atoms with van der Waals surface area (Å²) >= 11 is 2.05. The summed E-state index contributed by atoms with van der Waals surface area (Å²) in [5, 5.41) is 0. The molecule has 1 atom stereocenters. The molecular formula is C11H15BrN2OS. The van der Waals surface area contributed by atoms with Crippen molar-refractivity contribution in [2.75, 3.05) is 0 Å². The number of rotatable bonds is 2. The van der Waals surface area contributed by atoms with Crippen LogP contribution in [0.4, 0.5) is 0 Å². The van der Waals surface area contributed by atoms with Crippen molar-refractivity contribution in [2.24, 2.45) is 4.40 Å². The highest BCUT2D eigenvalue weighted by Crippen LogP contribution is 2.18. The van der Waals surface area contributed by atoms with Crippen molar-refractivity contribution in [3.05, 3.63) is 28.5 Å². The van der Waals surface area contributed by atoms with E-state index in [1.54, 1.807) is 0 Å². The van der Waals surface area contributed by atoms with E-state index in [0.717, 1.165) is 10.3 Å². The molecule has 0 bridgehead atoms. The molecule has 0 spiro atoms. The molecule has 0 aliphatic heterocycles. The molecule has 1 rings (SSSR count). The van der Waals surface area contributed by atoms with Gasteiger partial charge in [0.15, 0.2) is 0 Å². The maximum atomic E-state index is 11.8. The van der Waals surface area contributed by atoms with Crippen LogP contribution in [0.2, 0.25) is 0 Å². The van der Waals surface area contributed by atoms with E-state index in [1.165, 1.54) is 0 Å². The van der Waals surface area contributed by atoms with E-state index in [0.29, 0.717) is 5.71 Å². The van der Waals surface area contributed by atoms with Gasteiger partial charge in [0.25, 0.3) is 0 Å². The molecule has 3 nitrogen and oxygen atoms in total. The molecule has 0 amide bonds. The Morgan fingerprint density at radius 3 is 2.56 bits per heavy atom. The molecule has 0 fully saturated rings. The van der Waals surface area contributed by atoms with Gasteiger partial charge in [-0.1, -0.05) is 10.5 Å². The van der Waals surface area contributed by atoms with E-state index in [4.69, 9.17) is 0 Å². The number of nitrogens with zero attached hydrogens (tertiary/aromatic N) is 2. The second-order valence-corrected chi connectivity index (χ2v) is 7.10. The summed E-state index contributed by atoms with van der Waals surface area (Å²) in [6, 6.07) is 5.58. The van der Waals surface area contributed by atoms with Crippen LogP contribution in [0.15, 0.2) is 27.2 Å². The summed E-state index contributed by atoms with van der Waals surface area (Å²) in [6.07, 6.45) is 0. The quantitative estimate of drug-likeness (QED) is 0.479. The van der Waals surface area contributed by atoms with E-state index < -0.39 is 11.4 Å². The molecule has 0 N–H and O–H groups in total. The topological polar surface area (TPSA) is 48.3 Å². The fraction of sp³-hybridized carbons (Fsp3) is 0.455. The molecule has 1 unspecified atom stereocenters. The van der Waals surface area contributed by atoms with Crippen LogP contribution in [0.25, 0.3) is 0 Å². The van der Waals surface area contributed by atoms with Gasteiger partial charge in [0, 0.05) is 0 Å². The molecule has 0 saturated carbocycles. The Morgan fingerprint density at radius 1 is 1.44 bits per heavy atom. The maximum absolute atomic E-state index is 11.8. The Morgan fingerprint density at radius 2 is 2.06 bits per heavy atom. The van der Waals surface area contributed by atoms with Gasteiger partial charge in [0.05, 0.1) is 5.69 Å². The third-order valence-electron chi connectivity index (χ3n) is 1.83. The molecule has 1 aromatic heterocycles. The van der Waals surface area contributed by atoms with Gasteiger partial charge in [-0.3, -0.25) is 0 Å². The first-order chi connectivity index (χ1) is 7.30. The first-order valence-corrected chi connectivity index (χ1v) is 6.81. The zero-order valence-corrected chi connectivity index (χ0v) is 12.2. The zero-order valence-electron chi connectivity index (χ0n) is 9.82. The van der Waals surface area contributed by atoms with Crippen molar-refractivity contribution in [2.45, 2.75) is 32.4 Å². The zero-order chi connectivity index (χ0) is 12.3. The summed E-state index contributed by atoms with van der Waals surface area (Å²) in [6.45, 7) is 7.51. The molecule has 16 heavy (non-hydrogen) atoms. The second-order valence-electron chi connectivity index (χ2n) is 4.38. The Labute approximate surface area is 108 Å². The fourth-order valence-corrected chi connectivity index (χ4v) is 1.88. The van der Waals surface area contributed by atoms with Gasteiger partial charge in [0.2, 0.25) is 0 Å². The number of halogens is 1. The van der Waals surface area contributed by atoms with Gasteiger partial charge < -0.3 is 4.55 Å². The molecule has 5 heteroatoms.